The summed E-state index contributed by atoms with van der Waals surface area (Å²) in [5, 5.41) is 23.1. The zero-order valence-electron chi connectivity index (χ0n) is 22.5. The van der Waals surface area contributed by atoms with E-state index in [0.29, 0.717) is 23.3 Å². The molecule has 2 nitrogen and oxygen atoms in total. The first-order valence-corrected chi connectivity index (χ1v) is 12.2. The largest absolute Gasteiger partial charge is 0.507 e. The fourth-order valence-electron chi connectivity index (χ4n) is 4.53. The molecule has 32 heavy (non-hydrogen) atoms. The number of phenols is 2. The summed E-state index contributed by atoms with van der Waals surface area (Å²) in [6.45, 7) is 26.0. The molecule has 0 unspecified atom stereocenters. The van der Waals surface area contributed by atoms with E-state index in [1.165, 1.54) is 11.1 Å². The molecular weight excluding hydrogens is 392 g/mol. The Morgan fingerprint density at radius 1 is 0.562 bits per heavy atom. The van der Waals surface area contributed by atoms with Gasteiger partial charge >= 0.3 is 0 Å². The van der Waals surface area contributed by atoms with Crippen LogP contribution in [0.1, 0.15) is 134 Å². The predicted octanol–water partition coefficient (Wildman–Crippen LogP) is 8.73. The fraction of sp³-hybridized carbons (Fsp3) is 0.600. The molecule has 0 heterocycles. The van der Waals surface area contributed by atoms with Crippen molar-refractivity contribution in [1.29, 1.82) is 0 Å². The monoisotopic (exact) mass is 438 g/mol. The van der Waals surface area contributed by atoms with Gasteiger partial charge in [-0.15, -0.1) is 0 Å². The van der Waals surface area contributed by atoms with Crippen molar-refractivity contribution in [3.05, 3.63) is 57.6 Å². The third kappa shape index (κ3) is 5.33. The highest BCUT2D eigenvalue weighted by Crippen LogP contribution is 2.48. The van der Waals surface area contributed by atoms with Crippen LogP contribution in [-0.2, 0) is 10.8 Å². The van der Waals surface area contributed by atoms with Gasteiger partial charge in [0.15, 0.2) is 0 Å². The Kier molecular flexibility index (Phi) is 7.49. The van der Waals surface area contributed by atoms with Gasteiger partial charge in [0.1, 0.15) is 11.5 Å². The second-order valence-corrected chi connectivity index (χ2v) is 12.5. The van der Waals surface area contributed by atoms with Crippen LogP contribution in [0.2, 0.25) is 0 Å². The first-order valence-electron chi connectivity index (χ1n) is 12.2. The van der Waals surface area contributed by atoms with E-state index >= 15 is 0 Å². The number of aromatic hydroxyl groups is 2. The van der Waals surface area contributed by atoms with Crippen molar-refractivity contribution in [2.24, 2.45) is 5.92 Å². The fourth-order valence-corrected chi connectivity index (χ4v) is 4.53. The second kappa shape index (κ2) is 9.12. The number of hydrogen-bond acceptors (Lipinski definition) is 2. The van der Waals surface area contributed by atoms with Gasteiger partial charge in [0, 0.05) is 17.0 Å². The second-order valence-electron chi connectivity index (χ2n) is 12.5. The maximum absolute atomic E-state index is 11.5. The van der Waals surface area contributed by atoms with E-state index < -0.39 is 0 Å². The first-order chi connectivity index (χ1) is 14.5. The normalized spacial score (nSPS) is 13.1. The van der Waals surface area contributed by atoms with E-state index in [2.05, 4.69) is 107 Å². The third-order valence-electron chi connectivity index (χ3n) is 6.61. The van der Waals surface area contributed by atoms with E-state index in [0.717, 1.165) is 22.3 Å². The van der Waals surface area contributed by atoms with Gasteiger partial charge in [-0.25, -0.2) is 0 Å². The number of hydrogen-bond donors (Lipinski definition) is 2. The maximum atomic E-state index is 11.5. The van der Waals surface area contributed by atoms with Crippen LogP contribution < -0.4 is 0 Å². The van der Waals surface area contributed by atoms with Crippen LogP contribution in [0.3, 0.4) is 0 Å². The van der Waals surface area contributed by atoms with Crippen LogP contribution in [0.4, 0.5) is 0 Å². The molecule has 2 N–H and O–H groups in total. The SMILES string of the molecule is CC(C)c1cc(C(c2cc(C(C)C)cc(C(C)(C)C)c2O)C(C)C)c(O)c(C(C)(C)C)c1. The molecule has 0 amide bonds. The summed E-state index contributed by atoms with van der Waals surface area (Å²) < 4.78 is 0. The van der Waals surface area contributed by atoms with Gasteiger partial charge < -0.3 is 10.2 Å². The lowest BCUT2D eigenvalue weighted by molar-refractivity contribution is 0.412. The zero-order chi connectivity index (χ0) is 24.8. The Labute approximate surface area is 197 Å². The lowest BCUT2D eigenvalue weighted by atomic mass is 9.74. The summed E-state index contributed by atoms with van der Waals surface area (Å²) in [5.41, 5.74) is 5.89. The molecule has 2 heteroatoms. The molecule has 2 rings (SSSR count). The summed E-state index contributed by atoms with van der Waals surface area (Å²) >= 11 is 0. The van der Waals surface area contributed by atoms with Crippen LogP contribution >= 0.6 is 0 Å². The zero-order valence-corrected chi connectivity index (χ0v) is 22.5. The van der Waals surface area contributed by atoms with E-state index in [-0.39, 0.29) is 22.7 Å². The van der Waals surface area contributed by atoms with Crippen molar-refractivity contribution in [2.45, 2.75) is 112 Å². The molecule has 0 radical (unpaired) electrons. The Bertz CT molecular complexity index is 875. The third-order valence-corrected chi connectivity index (χ3v) is 6.61. The van der Waals surface area contributed by atoms with Crippen LogP contribution in [0, 0.1) is 5.92 Å². The van der Waals surface area contributed by atoms with Crippen molar-refractivity contribution < 1.29 is 10.2 Å². The van der Waals surface area contributed by atoms with Crippen molar-refractivity contribution in [2.75, 3.05) is 0 Å². The minimum Gasteiger partial charge on any atom is -0.507 e. The van der Waals surface area contributed by atoms with Gasteiger partial charge in [-0.2, -0.15) is 0 Å². The Hall–Kier alpha value is -1.96. The minimum absolute atomic E-state index is 0.102. The number of benzene rings is 2. The standard InChI is InChI=1S/C30H46O2/c1-17(2)20-13-22(27(31)24(15-20)29(7,8)9)26(19(5)6)23-14-21(18(3)4)16-25(28(23)32)30(10,11)12/h13-19,26,31-32H,1-12H3. The van der Waals surface area contributed by atoms with Gasteiger partial charge in [-0.05, 0) is 50.8 Å². The average Bonchev–Trinajstić information content (AvgIpc) is 2.61. The molecule has 178 valence electrons. The smallest absolute Gasteiger partial charge is 0.123 e. The quantitative estimate of drug-likeness (QED) is 0.490. The molecule has 0 saturated heterocycles. The summed E-state index contributed by atoms with van der Waals surface area (Å²) in [6.07, 6.45) is 0. The van der Waals surface area contributed by atoms with Gasteiger partial charge in [0.05, 0.1) is 0 Å². The summed E-state index contributed by atoms with van der Waals surface area (Å²) in [5.74, 6) is 1.54. The topological polar surface area (TPSA) is 40.5 Å². The molecule has 2 aromatic rings. The number of phenolic OH excluding ortho intramolecular Hbond substituents is 2. The van der Waals surface area contributed by atoms with E-state index in [4.69, 9.17) is 0 Å². The Balaban J connectivity index is 2.95. The molecule has 0 saturated carbocycles. The molecular formula is C30H46O2. The maximum Gasteiger partial charge on any atom is 0.123 e. The summed E-state index contributed by atoms with van der Waals surface area (Å²) in [6, 6.07) is 8.65. The average molecular weight is 439 g/mol. The Morgan fingerprint density at radius 2 is 0.875 bits per heavy atom. The molecule has 0 aliphatic rings. The molecule has 2 aromatic carbocycles. The molecule has 0 fully saturated rings. The van der Waals surface area contributed by atoms with E-state index in [1.54, 1.807) is 0 Å². The van der Waals surface area contributed by atoms with Gasteiger partial charge in [-0.1, -0.05) is 107 Å². The van der Waals surface area contributed by atoms with Crippen LogP contribution in [0.5, 0.6) is 11.5 Å². The molecule has 0 spiro atoms. The van der Waals surface area contributed by atoms with Crippen molar-refractivity contribution >= 4 is 0 Å². The predicted molar refractivity (Wildman–Crippen MR) is 138 cm³/mol. The summed E-state index contributed by atoms with van der Waals surface area (Å²) in [7, 11) is 0. The van der Waals surface area contributed by atoms with E-state index in [9.17, 15) is 10.2 Å². The molecule has 0 bridgehead atoms. The number of rotatable bonds is 5. The van der Waals surface area contributed by atoms with Crippen LogP contribution in [0.15, 0.2) is 24.3 Å². The molecule has 0 aliphatic carbocycles. The van der Waals surface area contributed by atoms with Gasteiger partial charge in [0.2, 0.25) is 0 Å². The molecule has 0 atom stereocenters. The van der Waals surface area contributed by atoms with Crippen molar-refractivity contribution in [1.82, 2.24) is 0 Å². The van der Waals surface area contributed by atoms with Gasteiger partial charge in [-0.3, -0.25) is 0 Å². The molecule has 0 aromatic heterocycles. The highest BCUT2D eigenvalue weighted by molar-refractivity contribution is 5.57. The summed E-state index contributed by atoms with van der Waals surface area (Å²) in [4.78, 5) is 0. The van der Waals surface area contributed by atoms with Crippen LogP contribution in [0.25, 0.3) is 0 Å². The molecule has 0 aliphatic heterocycles. The highest BCUT2D eigenvalue weighted by atomic mass is 16.3. The minimum atomic E-state index is -0.177. The van der Waals surface area contributed by atoms with Crippen molar-refractivity contribution in [3.8, 4) is 11.5 Å². The Morgan fingerprint density at radius 3 is 1.09 bits per heavy atom. The van der Waals surface area contributed by atoms with Gasteiger partial charge in [0.25, 0.3) is 0 Å². The van der Waals surface area contributed by atoms with Crippen molar-refractivity contribution in [3.63, 3.8) is 0 Å². The first kappa shape index (κ1) is 26.3. The van der Waals surface area contributed by atoms with E-state index in [1.807, 2.05) is 0 Å². The lowest BCUT2D eigenvalue weighted by Crippen LogP contribution is -2.18. The van der Waals surface area contributed by atoms with Crippen LogP contribution in [-0.4, -0.2) is 10.2 Å². The highest BCUT2D eigenvalue weighted by Gasteiger charge is 2.32. The lowest BCUT2D eigenvalue weighted by Gasteiger charge is -2.32.